The number of rotatable bonds is 17. The van der Waals surface area contributed by atoms with Crippen molar-refractivity contribution in [2.45, 2.75) is 90.0 Å². The lowest BCUT2D eigenvalue weighted by Crippen LogP contribution is -2.47. The van der Waals surface area contributed by atoms with Gasteiger partial charge in [0.15, 0.2) is 0 Å². The molecule has 2 fully saturated rings. The lowest BCUT2D eigenvalue weighted by Gasteiger charge is -2.42. The lowest BCUT2D eigenvalue weighted by atomic mass is 9.79. The van der Waals surface area contributed by atoms with E-state index >= 15 is 0 Å². The highest BCUT2D eigenvalue weighted by Crippen LogP contribution is 2.62. The molecule has 3 unspecified atom stereocenters. The molecule has 1 saturated carbocycles. The van der Waals surface area contributed by atoms with Gasteiger partial charge in [-0.15, -0.1) is 0 Å². The Kier molecular flexibility index (Phi) is 12.9. The van der Waals surface area contributed by atoms with Crippen LogP contribution >= 0.6 is 8.53 Å². The standard InChI is InChI=1S/C43H53N4O8P/c1-28(2)47(29(3)4)56(53-24-12-23-44)55-38-37-30(5)25-42(38,54-40(37)46-26-31(6)39(48)45-41(46)49)27-52-43(32-13-10-9-11-14-32,33-15-19-35(50-7)20-16-33)34-17-21-36(51-8)22-18-34/h9-11,13-22,26,28-30,37-38,40H,12,24-25,27H2,1-8H3,(H,45,48,49)/t30?,37?,38-,40-,42+,56?/m1/s1. The summed E-state index contributed by atoms with van der Waals surface area (Å²) in [5, 5.41) is 9.42. The second-order valence-corrected chi connectivity index (χ2v) is 16.6. The van der Waals surface area contributed by atoms with Gasteiger partial charge in [-0.1, -0.05) is 61.5 Å². The zero-order valence-corrected chi connectivity index (χ0v) is 34.3. The van der Waals surface area contributed by atoms with Crippen LogP contribution in [0.1, 0.15) is 75.9 Å². The molecule has 1 aromatic heterocycles. The van der Waals surface area contributed by atoms with Crippen molar-refractivity contribution in [2.24, 2.45) is 11.8 Å². The SMILES string of the molecule is COc1ccc(C(OC[C@]23CC(C)C([C@H](n4cc(C)c(=O)[nH]c4=O)O2)[C@H]3OP(OCCC#N)N(C(C)C)C(C)C)(c2ccccc2)c2ccc(OC)cc2)cc1. The number of ether oxygens (including phenoxy) is 4. The third-order valence-electron chi connectivity index (χ3n) is 10.9. The van der Waals surface area contributed by atoms with Gasteiger partial charge in [-0.25, -0.2) is 9.46 Å². The molecule has 1 aliphatic heterocycles. The van der Waals surface area contributed by atoms with Crippen LogP contribution < -0.4 is 20.7 Å². The van der Waals surface area contributed by atoms with Gasteiger partial charge in [0.2, 0.25) is 0 Å². The Hall–Kier alpha value is -4.34. The summed E-state index contributed by atoms with van der Waals surface area (Å²) in [7, 11) is 1.57. The summed E-state index contributed by atoms with van der Waals surface area (Å²) in [6.07, 6.45) is 0.964. The smallest absolute Gasteiger partial charge is 0.330 e. The lowest BCUT2D eigenvalue weighted by molar-refractivity contribution is -0.174. The minimum atomic E-state index is -1.70. The third-order valence-corrected chi connectivity index (χ3v) is 13.0. The summed E-state index contributed by atoms with van der Waals surface area (Å²) < 4.78 is 43.1. The highest BCUT2D eigenvalue weighted by atomic mass is 31.2. The topological polar surface area (TPSA) is 137 Å². The fourth-order valence-corrected chi connectivity index (χ4v) is 10.2. The highest BCUT2D eigenvalue weighted by molar-refractivity contribution is 7.44. The molecule has 1 N–H and O–H groups in total. The molecule has 0 amide bonds. The third kappa shape index (κ3) is 7.94. The summed E-state index contributed by atoms with van der Waals surface area (Å²) in [6.45, 7) is 12.4. The number of hydrogen-bond donors (Lipinski definition) is 1. The number of aryl methyl sites for hydroxylation is 1. The molecule has 0 spiro atoms. The van der Waals surface area contributed by atoms with Crippen molar-refractivity contribution in [2.75, 3.05) is 27.4 Å². The van der Waals surface area contributed by atoms with Crippen LogP contribution in [0.2, 0.25) is 0 Å². The Labute approximate surface area is 330 Å². The minimum absolute atomic E-state index is 0.0112. The monoisotopic (exact) mass is 784 g/mol. The predicted molar refractivity (Wildman–Crippen MR) is 215 cm³/mol. The Morgan fingerprint density at radius 2 is 1.52 bits per heavy atom. The molecule has 6 rings (SSSR count). The molecule has 56 heavy (non-hydrogen) atoms. The first-order chi connectivity index (χ1) is 26.9. The van der Waals surface area contributed by atoms with Gasteiger partial charge >= 0.3 is 5.69 Å². The molecular weight excluding hydrogens is 731 g/mol. The van der Waals surface area contributed by atoms with Crippen LogP contribution in [0.5, 0.6) is 11.5 Å². The Balaban J connectivity index is 1.52. The molecular formula is C43H53N4O8P. The van der Waals surface area contributed by atoms with Crippen molar-refractivity contribution in [3.8, 4) is 17.6 Å². The fourth-order valence-electron chi connectivity index (χ4n) is 8.37. The maximum Gasteiger partial charge on any atom is 0.330 e. The van der Waals surface area contributed by atoms with Crippen LogP contribution in [0, 0.1) is 30.1 Å². The van der Waals surface area contributed by atoms with E-state index in [1.807, 2.05) is 78.9 Å². The molecule has 2 bridgehead atoms. The molecule has 298 valence electrons. The fraction of sp³-hybridized carbons (Fsp3) is 0.465. The number of nitriles is 1. The molecule has 2 aliphatic rings. The van der Waals surface area contributed by atoms with Gasteiger partial charge in [0.25, 0.3) is 14.1 Å². The minimum Gasteiger partial charge on any atom is -0.497 e. The van der Waals surface area contributed by atoms with Gasteiger partial charge in [-0.2, -0.15) is 5.26 Å². The van der Waals surface area contributed by atoms with Gasteiger partial charge in [0.05, 0.1) is 39.9 Å². The van der Waals surface area contributed by atoms with Crippen molar-refractivity contribution >= 4 is 8.53 Å². The zero-order valence-electron chi connectivity index (χ0n) is 33.4. The largest absolute Gasteiger partial charge is 0.497 e. The van der Waals surface area contributed by atoms with Crippen molar-refractivity contribution in [1.82, 2.24) is 14.2 Å². The Morgan fingerprint density at radius 3 is 2.05 bits per heavy atom. The van der Waals surface area contributed by atoms with Crippen molar-refractivity contribution in [3.05, 3.63) is 128 Å². The molecule has 4 aromatic rings. The molecule has 13 heteroatoms. The molecule has 6 atom stereocenters. The predicted octanol–water partition coefficient (Wildman–Crippen LogP) is 7.46. The van der Waals surface area contributed by atoms with Crippen LogP contribution in [-0.2, 0) is 24.1 Å². The second-order valence-electron chi connectivity index (χ2n) is 15.2. The average molecular weight is 785 g/mol. The van der Waals surface area contributed by atoms with Crippen LogP contribution in [0.15, 0.2) is 94.6 Å². The average Bonchev–Trinajstić information content (AvgIpc) is 3.64. The van der Waals surface area contributed by atoms with Gasteiger partial charge in [-0.05, 0) is 87.9 Å². The van der Waals surface area contributed by atoms with Crippen LogP contribution in [0.25, 0.3) is 0 Å². The second kappa shape index (κ2) is 17.4. The van der Waals surface area contributed by atoms with Crippen LogP contribution in [-0.4, -0.2) is 65.4 Å². The van der Waals surface area contributed by atoms with E-state index in [0.717, 1.165) is 16.7 Å². The first-order valence-corrected chi connectivity index (χ1v) is 20.3. The van der Waals surface area contributed by atoms with Gasteiger partial charge in [-0.3, -0.25) is 14.3 Å². The number of nitrogens with zero attached hydrogens (tertiary/aromatic N) is 3. The van der Waals surface area contributed by atoms with E-state index in [4.69, 9.17) is 28.0 Å². The van der Waals surface area contributed by atoms with E-state index in [1.165, 1.54) is 4.57 Å². The van der Waals surface area contributed by atoms with E-state index in [9.17, 15) is 14.9 Å². The Bertz CT molecular complexity index is 2030. The number of H-pyrrole nitrogens is 1. The van der Waals surface area contributed by atoms with Crippen molar-refractivity contribution < 1.29 is 28.0 Å². The van der Waals surface area contributed by atoms with E-state index in [2.05, 4.69) is 50.3 Å². The van der Waals surface area contributed by atoms with Gasteiger partial charge in [0.1, 0.15) is 35.0 Å². The molecule has 1 aliphatic carbocycles. The Morgan fingerprint density at radius 1 is 0.946 bits per heavy atom. The number of aromatic nitrogens is 2. The van der Waals surface area contributed by atoms with E-state index in [-0.39, 0.29) is 43.6 Å². The summed E-state index contributed by atoms with van der Waals surface area (Å²) in [4.78, 5) is 28.5. The summed E-state index contributed by atoms with van der Waals surface area (Å²) in [5.74, 6) is 1.11. The molecule has 0 radical (unpaired) electrons. The van der Waals surface area contributed by atoms with Gasteiger partial charge < -0.3 is 28.0 Å². The number of nitrogens with one attached hydrogen (secondary N) is 1. The van der Waals surface area contributed by atoms with Crippen molar-refractivity contribution in [1.29, 1.82) is 5.26 Å². The number of benzene rings is 3. The normalized spacial score (nSPS) is 22.5. The first kappa shape index (κ1) is 41.3. The number of aromatic amines is 1. The molecule has 1 saturated heterocycles. The van der Waals surface area contributed by atoms with Crippen molar-refractivity contribution in [3.63, 3.8) is 0 Å². The van der Waals surface area contributed by atoms with Gasteiger partial charge in [0, 0.05) is 29.8 Å². The number of hydrogen-bond acceptors (Lipinski definition) is 10. The molecule has 3 aromatic carbocycles. The first-order valence-electron chi connectivity index (χ1n) is 19.1. The summed E-state index contributed by atoms with van der Waals surface area (Å²) >= 11 is 0. The van der Waals surface area contributed by atoms with E-state index in [1.54, 1.807) is 27.3 Å². The van der Waals surface area contributed by atoms with Crippen LogP contribution in [0.4, 0.5) is 0 Å². The van der Waals surface area contributed by atoms with E-state index in [0.29, 0.717) is 23.5 Å². The zero-order chi connectivity index (χ0) is 40.2. The summed E-state index contributed by atoms with van der Waals surface area (Å²) in [6, 6.07) is 28.1. The maximum atomic E-state index is 13.5. The maximum absolute atomic E-state index is 13.5. The molecule has 12 nitrogen and oxygen atoms in total. The van der Waals surface area contributed by atoms with Crippen LogP contribution in [0.3, 0.4) is 0 Å². The molecule has 2 heterocycles. The van der Waals surface area contributed by atoms with E-state index < -0.39 is 43.3 Å². The number of fused-ring (bicyclic) bond motifs is 2. The summed E-state index contributed by atoms with van der Waals surface area (Å²) in [5.41, 5.74) is -0.225. The number of methoxy groups -OCH3 is 2. The quantitative estimate of drug-likeness (QED) is 0.0653. The highest BCUT2D eigenvalue weighted by Gasteiger charge is 2.66.